The fourth-order valence-corrected chi connectivity index (χ4v) is 3.32. The zero-order chi connectivity index (χ0) is 16.0. The van der Waals surface area contributed by atoms with Crippen molar-refractivity contribution in [3.8, 4) is 0 Å². The molecule has 5 nitrogen and oxygen atoms in total. The number of rotatable bonds is 7. The van der Waals surface area contributed by atoms with E-state index >= 15 is 0 Å². The monoisotopic (exact) mass is 313 g/mol. The first-order valence-corrected chi connectivity index (χ1v) is 8.70. The average Bonchev–Trinajstić information content (AvgIpc) is 2.51. The smallest absolute Gasteiger partial charge is 0.326 e. The number of anilines is 1. The molecule has 0 saturated carbocycles. The fourth-order valence-electron chi connectivity index (χ4n) is 2.19. The van der Waals surface area contributed by atoms with Gasteiger partial charge < -0.3 is 4.74 Å². The number of methoxy groups -OCH3 is 1. The van der Waals surface area contributed by atoms with Gasteiger partial charge in [-0.3, -0.25) is 9.10 Å². The van der Waals surface area contributed by atoms with Crippen LogP contribution in [0.3, 0.4) is 0 Å². The van der Waals surface area contributed by atoms with Gasteiger partial charge in [-0.05, 0) is 30.9 Å². The zero-order valence-electron chi connectivity index (χ0n) is 13.0. The van der Waals surface area contributed by atoms with Crippen molar-refractivity contribution < 1.29 is 17.9 Å². The maximum Gasteiger partial charge on any atom is 0.326 e. The van der Waals surface area contributed by atoms with Crippen molar-refractivity contribution in [1.29, 1.82) is 0 Å². The Kier molecular flexibility index (Phi) is 6.20. The molecule has 0 radical (unpaired) electrons. The van der Waals surface area contributed by atoms with Crippen LogP contribution in [0.4, 0.5) is 5.69 Å². The topological polar surface area (TPSA) is 63.7 Å². The van der Waals surface area contributed by atoms with Crippen molar-refractivity contribution in [3.05, 3.63) is 29.3 Å². The minimum Gasteiger partial charge on any atom is -0.468 e. The Morgan fingerprint density at radius 1 is 1.14 bits per heavy atom. The normalized spacial score (nSPS) is 11.2. The quantitative estimate of drug-likeness (QED) is 0.724. The molecule has 0 N–H and O–H groups in total. The van der Waals surface area contributed by atoms with Crippen LogP contribution in [0.5, 0.6) is 0 Å². The summed E-state index contributed by atoms with van der Waals surface area (Å²) in [6.07, 6.45) is 1.39. The molecule has 0 aliphatic carbocycles. The van der Waals surface area contributed by atoms with Crippen LogP contribution in [-0.2, 0) is 32.4 Å². The van der Waals surface area contributed by atoms with Crippen LogP contribution in [0.25, 0.3) is 0 Å². The lowest BCUT2D eigenvalue weighted by Gasteiger charge is -2.27. The van der Waals surface area contributed by atoms with Gasteiger partial charge in [0.15, 0.2) is 0 Å². The first-order valence-electron chi connectivity index (χ1n) is 7.09. The Morgan fingerprint density at radius 3 is 2.05 bits per heavy atom. The number of hydrogen-bond donors (Lipinski definition) is 0. The first kappa shape index (κ1) is 17.5. The SMILES string of the molecule is CCc1cccc(CC)c1N(CC(=O)OC)S(=O)(=O)CC. The highest BCUT2D eigenvalue weighted by Crippen LogP contribution is 2.29. The van der Waals surface area contributed by atoms with Gasteiger partial charge >= 0.3 is 5.97 Å². The van der Waals surface area contributed by atoms with Gasteiger partial charge in [0.2, 0.25) is 10.0 Å². The van der Waals surface area contributed by atoms with Crippen molar-refractivity contribution in [2.75, 3.05) is 23.7 Å². The standard InChI is InChI=1S/C15H23NO4S/c1-5-12-9-8-10-13(6-2)15(12)16(11-14(17)20-4)21(18,19)7-3/h8-10H,5-7,11H2,1-4H3. The summed E-state index contributed by atoms with van der Waals surface area (Å²) in [5.74, 6) is -0.634. The molecular weight excluding hydrogens is 290 g/mol. The molecular formula is C15H23NO4S. The van der Waals surface area contributed by atoms with Crippen LogP contribution < -0.4 is 4.31 Å². The molecule has 0 amide bonds. The van der Waals surface area contributed by atoms with Crippen molar-refractivity contribution in [3.63, 3.8) is 0 Å². The number of carbonyl (C=O) groups excluding carboxylic acids is 1. The van der Waals surface area contributed by atoms with E-state index in [9.17, 15) is 13.2 Å². The Hall–Kier alpha value is -1.56. The summed E-state index contributed by atoms with van der Waals surface area (Å²) in [4.78, 5) is 11.6. The van der Waals surface area contributed by atoms with E-state index in [1.54, 1.807) is 6.92 Å². The molecule has 0 spiro atoms. The van der Waals surface area contributed by atoms with Crippen LogP contribution in [-0.4, -0.2) is 33.8 Å². The van der Waals surface area contributed by atoms with Gasteiger partial charge in [0, 0.05) is 0 Å². The highest BCUT2D eigenvalue weighted by atomic mass is 32.2. The number of sulfonamides is 1. The first-order chi connectivity index (χ1) is 9.91. The molecule has 0 atom stereocenters. The molecule has 0 aromatic heterocycles. The van der Waals surface area contributed by atoms with Gasteiger partial charge in [0.1, 0.15) is 6.54 Å². The number of ether oxygens (including phenoxy) is 1. The summed E-state index contributed by atoms with van der Waals surface area (Å²) < 4.78 is 30.6. The van der Waals surface area contributed by atoms with E-state index < -0.39 is 16.0 Å². The molecule has 0 saturated heterocycles. The predicted molar refractivity (Wildman–Crippen MR) is 84.0 cm³/mol. The number of para-hydroxylation sites is 1. The van der Waals surface area contributed by atoms with Crippen molar-refractivity contribution >= 4 is 21.7 Å². The molecule has 0 bridgehead atoms. The molecule has 1 aromatic carbocycles. The van der Waals surface area contributed by atoms with E-state index in [-0.39, 0.29) is 12.3 Å². The number of esters is 1. The van der Waals surface area contributed by atoms with Crippen LogP contribution in [0.2, 0.25) is 0 Å². The summed E-state index contributed by atoms with van der Waals surface area (Å²) in [6, 6.07) is 5.70. The lowest BCUT2D eigenvalue weighted by Crippen LogP contribution is -2.38. The van der Waals surface area contributed by atoms with E-state index in [1.807, 2.05) is 32.0 Å². The molecule has 118 valence electrons. The van der Waals surface area contributed by atoms with Crippen LogP contribution >= 0.6 is 0 Å². The van der Waals surface area contributed by atoms with E-state index in [0.29, 0.717) is 18.5 Å². The minimum atomic E-state index is -3.55. The van der Waals surface area contributed by atoms with E-state index in [1.165, 1.54) is 11.4 Å². The molecule has 0 aliphatic rings. The second-order valence-corrected chi connectivity index (χ2v) is 6.80. The summed E-state index contributed by atoms with van der Waals surface area (Å²) in [7, 11) is -2.30. The maximum atomic E-state index is 12.4. The Morgan fingerprint density at radius 2 is 1.67 bits per heavy atom. The molecule has 0 heterocycles. The number of benzene rings is 1. The lowest BCUT2D eigenvalue weighted by molar-refractivity contribution is -0.138. The molecule has 21 heavy (non-hydrogen) atoms. The highest BCUT2D eigenvalue weighted by Gasteiger charge is 2.27. The van der Waals surface area contributed by atoms with Crippen LogP contribution in [0.15, 0.2) is 18.2 Å². The molecule has 6 heteroatoms. The number of aryl methyl sites for hydroxylation is 2. The lowest BCUT2D eigenvalue weighted by atomic mass is 10.0. The molecule has 0 unspecified atom stereocenters. The molecule has 0 fully saturated rings. The van der Waals surface area contributed by atoms with Gasteiger partial charge in [-0.15, -0.1) is 0 Å². The van der Waals surface area contributed by atoms with Crippen molar-refractivity contribution in [1.82, 2.24) is 0 Å². The zero-order valence-corrected chi connectivity index (χ0v) is 13.9. The molecule has 1 aromatic rings. The second-order valence-electron chi connectivity index (χ2n) is 4.62. The van der Waals surface area contributed by atoms with E-state index in [2.05, 4.69) is 4.74 Å². The Labute approximate surface area is 127 Å². The van der Waals surface area contributed by atoms with E-state index in [0.717, 1.165) is 11.1 Å². The molecule has 0 aliphatic heterocycles. The largest absolute Gasteiger partial charge is 0.468 e. The van der Waals surface area contributed by atoms with Crippen LogP contribution in [0.1, 0.15) is 31.9 Å². The third-order valence-corrected chi connectivity index (χ3v) is 5.13. The van der Waals surface area contributed by atoms with Gasteiger partial charge in [-0.2, -0.15) is 0 Å². The number of nitrogens with zero attached hydrogens (tertiary/aromatic N) is 1. The van der Waals surface area contributed by atoms with Crippen molar-refractivity contribution in [2.45, 2.75) is 33.6 Å². The summed E-state index contributed by atoms with van der Waals surface area (Å²) in [5, 5.41) is 0. The summed E-state index contributed by atoms with van der Waals surface area (Å²) >= 11 is 0. The Balaban J connectivity index is 3.49. The van der Waals surface area contributed by atoms with Gasteiger partial charge in [0.25, 0.3) is 0 Å². The second kappa shape index (κ2) is 7.45. The van der Waals surface area contributed by atoms with E-state index in [4.69, 9.17) is 0 Å². The number of carbonyl (C=O) groups is 1. The molecule has 1 rings (SSSR count). The minimum absolute atomic E-state index is 0.0643. The van der Waals surface area contributed by atoms with Gasteiger partial charge in [-0.25, -0.2) is 8.42 Å². The van der Waals surface area contributed by atoms with Crippen LogP contribution in [0, 0.1) is 0 Å². The third kappa shape index (κ3) is 3.97. The van der Waals surface area contributed by atoms with Gasteiger partial charge in [0.05, 0.1) is 18.6 Å². The fraction of sp³-hybridized carbons (Fsp3) is 0.533. The highest BCUT2D eigenvalue weighted by molar-refractivity contribution is 7.92. The maximum absolute atomic E-state index is 12.4. The summed E-state index contributed by atoms with van der Waals surface area (Å²) in [6.45, 7) is 5.21. The summed E-state index contributed by atoms with van der Waals surface area (Å²) in [5.41, 5.74) is 2.44. The van der Waals surface area contributed by atoms with Crippen molar-refractivity contribution in [2.24, 2.45) is 0 Å². The Bertz CT molecular complexity index is 573. The average molecular weight is 313 g/mol. The third-order valence-electron chi connectivity index (χ3n) is 3.42. The number of hydrogen-bond acceptors (Lipinski definition) is 4. The predicted octanol–water partition coefficient (Wildman–Crippen LogP) is 2.14. The van der Waals surface area contributed by atoms with Gasteiger partial charge in [-0.1, -0.05) is 32.0 Å².